The van der Waals surface area contributed by atoms with Crippen LogP contribution in [0.5, 0.6) is 0 Å². The normalized spacial score (nSPS) is 28.6. The van der Waals surface area contributed by atoms with Crippen LogP contribution < -0.4 is 5.32 Å². The summed E-state index contributed by atoms with van der Waals surface area (Å²) < 4.78 is 0. The first-order valence-corrected chi connectivity index (χ1v) is 12.2. The Balaban J connectivity index is 1.57. The van der Waals surface area contributed by atoms with Gasteiger partial charge in [-0.3, -0.25) is 9.69 Å². The van der Waals surface area contributed by atoms with Gasteiger partial charge in [0.25, 0.3) is 0 Å². The van der Waals surface area contributed by atoms with E-state index in [1.165, 1.54) is 18.4 Å². The zero-order valence-corrected chi connectivity index (χ0v) is 20.5. The first-order valence-electron chi connectivity index (χ1n) is 12.2. The lowest BCUT2D eigenvalue weighted by Crippen LogP contribution is -2.55. The van der Waals surface area contributed by atoms with Crippen LogP contribution in [0.1, 0.15) is 64.9 Å². The van der Waals surface area contributed by atoms with E-state index >= 15 is 0 Å². The summed E-state index contributed by atoms with van der Waals surface area (Å²) in [6.07, 6.45) is 6.58. The lowest BCUT2D eigenvalue weighted by molar-refractivity contribution is -0.120. The Labute approximate surface area is 193 Å². The van der Waals surface area contributed by atoms with Crippen LogP contribution in [0, 0.1) is 5.92 Å². The quantitative estimate of drug-likeness (QED) is 0.701. The number of nitrogens with zero attached hydrogens (tertiary/aromatic N) is 3. The molecule has 0 bridgehead atoms. The molecule has 1 aromatic rings. The predicted molar refractivity (Wildman–Crippen MR) is 127 cm³/mol. The van der Waals surface area contributed by atoms with Gasteiger partial charge < -0.3 is 15.1 Å². The van der Waals surface area contributed by atoms with Crippen molar-refractivity contribution in [1.29, 1.82) is 0 Å². The molecule has 1 heterocycles. The van der Waals surface area contributed by atoms with Gasteiger partial charge in [0.15, 0.2) is 0 Å². The van der Waals surface area contributed by atoms with E-state index in [0.717, 1.165) is 38.8 Å². The zero-order chi connectivity index (χ0) is 23.1. The molecule has 4 rings (SSSR count). The number of urea groups is 1. The standard InChI is InChI=1S/C26H40N4O2/c1-20(31)27-24(2,3)18-29-19-25(30(23(29)32)17-21-11-12-21)13-15-26(16-14-25,28(4)5)22-9-7-6-8-10-22/h6-10,21H,11-19H2,1-5H3,(H,27,31)/t25-,26+. The van der Waals surface area contributed by atoms with E-state index in [0.29, 0.717) is 12.5 Å². The fourth-order valence-corrected chi connectivity index (χ4v) is 6.13. The molecule has 1 spiro atoms. The second kappa shape index (κ2) is 8.36. The van der Waals surface area contributed by atoms with Gasteiger partial charge in [-0.15, -0.1) is 0 Å². The van der Waals surface area contributed by atoms with E-state index in [2.05, 4.69) is 59.5 Å². The molecule has 3 amide bonds. The van der Waals surface area contributed by atoms with Crippen molar-refractivity contribution in [3.05, 3.63) is 35.9 Å². The maximum Gasteiger partial charge on any atom is 0.320 e. The van der Waals surface area contributed by atoms with Gasteiger partial charge >= 0.3 is 6.03 Å². The van der Waals surface area contributed by atoms with Crippen LogP contribution in [0.2, 0.25) is 0 Å². The Bertz CT molecular complexity index is 839. The Morgan fingerprint density at radius 2 is 1.75 bits per heavy atom. The van der Waals surface area contributed by atoms with Gasteiger partial charge in [0.05, 0.1) is 11.1 Å². The Hall–Kier alpha value is -2.08. The summed E-state index contributed by atoms with van der Waals surface area (Å²) in [6.45, 7) is 7.75. The number of hydrogen-bond donors (Lipinski definition) is 1. The van der Waals surface area contributed by atoms with E-state index in [1.807, 2.05) is 18.7 Å². The summed E-state index contributed by atoms with van der Waals surface area (Å²) in [7, 11) is 4.38. The number of rotatable bonds is 7. The monoisotopic (exact) mass is 440 g/mol. The number of amides is 3. The van der Waals surface area contributed by atoms with Crippen molar-refractivity contribution in [1.82, 2.24) is 20.0 Å². The molecule has 2 saturated carbocycles. The van der Waals surface area contributed by atoms with Crippen molar-refractivity contribution in [2.45, 2.75) is 75.9 Å². The molecule has 1 N–H and O–H groups in total. The summed E-state index contributed by atoms with van der Waals surface area (Å²) in [5.41, 5.74) is 0.857. The van der Waals surface area contributed by atoms with Crippen molar-refractivity contribution < 1.29 is 9.59 Å². The summed E-state index contributed by atoms with van der Waals surface area (Å²) in [4.78, 5) is 31.9. The van der Waals surface area contributed by atoms with Crippen molar-refractivity contribution in [3.63, 3.8) is 0 Å². The van der Waals surface area contributed by atoms with Gasteiger partial charge in [-0.25, -0.2) is 4.79 Å². The van der Waals surface area contributed by atoms with Crippen LogP contribution >= 0.6 is 0 Å². The summed E-state index contributed by atoms with van der Waals surface area (Å²) in [5.74, 6) is 0.608. The largest absolute Gasteiger partial charge is 0.350 e. The number of nitrogens with one attached hydrogen (secondary N) is 1. The van der Waals surface area contributed by atoms with E-state index in [9.17, 15) is 9.59 Å². The van der Waals surface area contributed by atoms with Gasteiger partial charge in [-0.05, 0) is 77.9 Å². The number of benzene rings is 1. The molecule has 1 aliphatic heterocycles. The molecule has 6 nitrogen and oxygen atoms in total. The highest BCUT2D eigenvalue weighted by Gasteiger charge is 2.55. The van der Waals surface area contributed by atoms with Crippen LogP contribution in [0.4, 0.5) is 4.79 Å². The fraction of sp³-hybridized carbons (Fsp3) is 0.692. The highest BCUT2D eigenvalue weighted by Crippen LogP contribution is 2.50. The maximum absolute atomic E-state index is 13.6. The van der Waals surface area contributed by atoms with Crippen LogP contribution in [-0.4, -0.2) is 71.4 Å². The van der Waals surface area contributed by atoms with Crippen molar-refractivity contribution in [2.24, 2.45) is 5.92 Å². The molecule has 1 saturated heterocycles. The van der Waals surface area contributed by atoms with E-state index in [1.54, 1.807) is 6.92 Å². The average Bonchev–Trinajstić information content (AvgIpc) is 3.51. The Kier molecular flexibility index (Phi) is 6.03. The first-order chi connectivity index (χ1) is 15.1. The number of carbonyl (C=O) groups is 2. The molecule has 2 aliphatic carbocycles. The topological polar surface area (TPSA) is 55.9 Å². The molecular formula is C26H40N4O2. The highest BCUT2D eigenvalue weighted by molar-refractivity contribution is 5.79. The third-order valence-electron chi connectivity index (χ3n) is 7.97. The molecule has 3 fully saturated rings. The van der Waals surface area contributed by atoms with Crippen molar-refractivity contribution >= 4 is 11.9 Å². The fourth-order valence-electron chi connectivity index (χ4n) is 6.13. The Morgan fingerprint density at radius 3 is 2.28 bits per heavy atom. The minimum atomic E-state index is -0.440. The van der Waals surface area contributed by atoms with E-state index in [-0.39, 0.29) is 23.0 Å². The van der Waals surface area contributed by atoms with Gasteiger partial charge in [0.1, 0.15) is 0 Å². The lowest BCUT2D eigenvalue weighted by Gasteiger charge is -2.51. The van der Waals surface area contributed by atoms with E-state index < -0.39 is 5.54 Å². The van der Waals surface area contributed by atoms with Crippen LogP contribution in [0.15, 0.2) is 30.3 Å². The van der Waals surface area contributed by atoms with Crippen LogP contribution in [-0.2, 0) is 10.3 Å². The molecule has 0 radical (unpaired) electrons. The SMILES string of the molecule is CC(=O)NC(C)(C)CN1C[C@]2(CC[C@](c3ccccc3)(N(C)C)CC2)N(CC2CC2)C1=O. The number of hydrogen-bond acceptors (Lipinski definition) is 3. The van der Waals surface area contributed by atoms with Gasteiger partial charge in [0, 0.05) is 32.1 Å². The summed E-state index contributed by atoms with van der Waals surface area (Å²) in [6, 6.07) is 11.0. The second-order valence-corrected chi connectivity index (χ2v) is 11.3. The van der Waals surface area contributed by atoms with Gasteiger partial charge in [0.2, 0.25) is 5.91 Å². The summed E-state index contributed by atoms with van der Waals surface area (Å²) >= 11 is 0. The molecule has 0 atom stereocenters. The maximum atomic E-state index is 13.6. The summed E-state index contributed by atoms with van der Waals surface area (Å²) in [5, 5.41) is 3.02. The van der Waals surface area contributed by atoms with Gasteiger partial charge in [-0.2, -0.15) is 0 Å². The number of carbonyl (C=O) groups excluding carboxylic acids is 2. The minimum absolute atomic E-state index is 0.0175. The first kappa shape index (κ1) is 23.1. The second-order valence-electron chi connectivity index (χ2n) is 11.3. The minimum Gasteiger partial charge on any atom is -0.350 e. The van der Waals surface area contributed by atoms with Gasteiger partial charge in [-0.1, -0.05) is 30.3 Å². The molecule has 0 aromatic heterocycles. The predicted octanol–water partition coefficient (Wildman–Crippen LogP) is 3.82. The smallest absolute Gasteiger partial charge is 0.320 e. The molecule has 0 unspecified atom stereocenters. The lowest BCUT2D eigenvalue weighted by atomic mass is 9.68. The molecule has 32 heavy (non-hydrogen) atoms. The molecule has 6 heteroatoms. The van der Waals surface area contributed by atoms with Crippen molar-refractivity contribution in [3.8, 4) is 0 Å². The molecule has 176 valence electrons. The molecule has 3 aliphatic rings. The average molecular weight is 441 g/mol. The molecular weight excluding hydrogens is 400 g/mol. The van der Waals surface area contributed by atoms with Crippen molar-refractivity contribution in [2.75, 3.05) is 33.7 Å². The highest BCUT2D eigenvalue weighted by atomic mass is 16.2. The Morgan fingerprint density at radius 1 is 1.12 bits per heavy atom. The third-order valence-corrected chi connectivity index (χ3v) is 7.97. The van der Waals surface area contributed by atoms with Crippen LogP contribution in [0.25, 0.3) is 0 Å². The zero-order valence-electron chi connectivity index (χ0n) is 20.5. The molecule has 1 aromatic carbocycles. The van der Waals surface area contributed by atoms with E-state index in [4.69, 9.17) is 0 Å². The van der Waals surface area contributed by atoms with Crippen LogP contribution in [0.3, 0.4) is 0 Å². The third kappa shape index (κ3) is 4.39.